The van der Waals surface area contributed by atoms with Crippen LogP contribution in [0.5, 0.6) is 0 Å². The first-order valence-electron chi connectivity index (χ1n) is 5.27. The fourth-order valence-electron chi connectivity index (χ4n) is 1.49. The second kappa shape index (κ2) is 6.25. The van der Waals surface area contributed by atoms with E-state index in [0.717, 1.165) is 11.3 Å². The van der Waals surface area contributed by atoms with E-state index in [0.29, 0.717) is 18.0 Å². The molecule has 0 atom stereocenters. The molecule has 0 aliphatic rings. The average molecular weight is 255 g/mol. The van der Waals surface area contributed by atoms with Crippen molar-refractivity contribution in [2.24, 2.45) is 0 Å². The van der Waals surface area contributed by atoms with Crippen molar-refractivity contribution in [1.29, 1.82) is 0 Å². The molecule has 1 rings (SSSR count). The first-order valence-corrected chi connectivity index (χ1v) is 5.80. The van der Waals surface area contributed by atoms with E-state index in [4.69, 9.17) is 11.6 Å². The highest BCUT2D eigenvalue weighted by molar-refractivity contribution is 6.18. The number of hydrogen-bond donors (Lipinski definition) is 2. The van der Waals surface area contributed by atoms with Gasteiger partial charge in [-0.3, -0.25) is 9.59 Å². The Balaban J connectivity index is 2.98. The number of hydrogen-bond acceptors (Lipinski definition) is 2. The van der Waals surface area contributed by atoms with Crippen molar-refractivity contribution in [2.45, 2.75) is 20.3 Å². The zero-order valence-electron chi connectivity index (χ0n) is 9.84. The van der Waals surface area contributed by atoms with Gasteiger partial charge in [0.2, 0.25) is 11.8 Å². The van der Waals surface area contributed by atoms with Gasteiger partial charge in [-0.05, 0) is 30.2 Å². The number of rotatable bonds is 4. The van der Waals surface area contributed by atoms with Gasteiger partial charge in [-0.2, -0.15) is 0 Å². The Morgan fingerprint density at radius 3 is 2.35 bits per heavy atom. The van der Waals surface area contributed by atoms with Gasteiger partial charge in [0, 0.05) is 31.1 Å². The van der Waals surface area contributed by atoms with E-state index in [1.807, 2.05) is 6.07 Å². The Hall–Kier alpha value is -1.55. The van der Waals surface area contributed by atoms with Crippen molar-refractivity contribution < 1.29 is 9.59 Å². The Morgan fingerprint density at radius 2 is 1.82 bits per heavy atom. The van der Waals surface area contributed by atoms with Gasteiger partial charge in [-0.1, -0.05) is 0 Å². The second-order valence-electron chi connectivity index (χ2n) is 3.67. The summed E-state index contributed by atoms with van der Waals surface area (Å²) in [6.45, 7) is 2.90. The summed E-state index contributed by atoms with van der Waals surface area (Å²) in [6, 6.07) is 5.31. The molecule has 0 aliphatic heterocycles. The molecule has 4 nitrogen and oxygen atoms in total. The molecule has 92 valence electrons. The number of benzene rings is 1. The molecule has 2 N–H and O–H groups in total. The summed E-state index contributed by atoms with van der Waals surface area (Å²) < 4.78 is 0. The van der Waals surface area contributed by atoms with Crippen LogP contribution in [0.25, 0.3) is 0 Å². The van der Waals surface area contributed by atoms with Gasteiger partial charge in [0.15, 0.2) is 0 Å². The summed E-state index contributed by atoms with van der Waals surface area (Å²) in [5.41, 5.74) is 2.33. The van der Waals surface area contributed by atoms with Gasteiger partial charge in [0.05, 0.1) is 0 Å². The Bertz CT molecular complexity index is 433. The monoisotopic (exact) mass is 254 g/mol. The van der Waals surface area contributed by atoms with Crippen LogP contribution in [0.3, 0.4) is 0 Å². The predicted octanol–water partition coefficient (Wildman–Crippen LogP) is 2.38. The number of nitrogens with one attached hydrogen (secondary N) is 2. The summed E-state index contributed by atoms with van der Waals surface area (Å²) in [6.07, 6.45) is 0.630. The van der Waals surface area contributed by atoms with Crippen LogP contribution < -0.4 is 10.6 Å². The molecule has 0 unspecified atom stereocenters. The molecule has 0 bridgehead atoms. The van der Waals surface area contributed by atoms with Crippen LogP contribution >= 0.6 is 11.6 Å². The number of carbonyl (C=O) groups excluding carboxylic acids is 2. The van der Waals surface area contributed by atoms with Gasteiger partial charge < -0.3 is 10.6 Å². The standard InChI is InChI=1S/C12H15ClN2O2/c1-8(16)14-11-3-4-12(15-9(2)17)10(7-11)5-6-13/h3-4,7H,5-6H2,1-2H3,(H,14,16)(H,15,17). The largest absolute Gasteiger partial charge is 0.326 e. The molecular weight excluding hydrogens is 240 g/mol. The van der Waals surface area contributed by atoms with E-state index in [1.165, 1.54) is 13.8 Å². The zero-order chi connectivity index (χ0) is 12.8. The lowest BCUT2D eigenvalue weighted by molar-refractivity contribution is -0.115. The maximum atomic E-state index is 11.0. The van der Waals surface area contributed by atoms with E-state index < -0.39 is 0 Å². The molecule has 1 aromatic rings. The number of amides is 2. The number of aryl methyl sites for hydroxylation is 1. The normalized spacial score (nSPS) is 9.82. The van der Waals surface area contributed by atoms with Crippen molar-refractivity contribution in [2.75, 3.05) is 16.5 Å². The highest BCUT2D eigenvalue weighted by Gasteiger charge is 2.06. The molecule has 0 spiro atoms. The topological polar surface area (TPSA) is 58.2 Å². The third-order valence-corrected chi connectivity index (χ3v) is 2.29. The van der Waals surface area contributed by atoms with E-state index >= 15 is 0 Å². The third kappa shape index (κ3) is 4.44. The summed E-state index contributed by atoms with van der Waals surface area (Å²) in [5.74, 6) is 0.193. The fourth-order valence-corrected chi connectivity index (χ4v) is 1.70. The van der Waals surface area contributed by atoms with Crippen molar-refractivity contribution >= 4 is 34.8 Å². The minimum atomic E-state index is -0.131. The molecule has 0 radical (unpaired) electrons. The predicted molar refractivity (Wildman–Crippen MR) is 69.5 cm³/mol. The molecule has 1 aromatic carbocycles. The van der Waals surface area contributed by atoms with Gasteiger partial charge in [-0.25, -0.2) is 0 Å². The smallest absolute Gasteiger partial charge is 0.221 e. The molecule has 17 heavy (non-hydrogen) atoms. The van der Waals surface area contributed by atoms with E-state index in [1.54, 1.807) is 12.1 Å². The zero-order valence-corrected chi connectivity index (χ0v) is 10.6. The van der Waals surface area contributed by atoms with Crippen LogP contribution in [0.15, 0.2) is 18.2 Å². The Morgan fingerprint density at radius 1 is 1.18 bits per heavy atom. The van der Waals surface area contributed by atoms with Gasteiger partial charge in [0.25, 0.3) is 0 Å². The van der Waals surface area contributed by atoms with Crippen molar-refractivity contribution in [1.82, 2.24) is 0 Å². The lowest BCUT2D eigenvalue weighted by Gasteiger charge is -2.11. The van der Waals surface area contributed by atoms with Gasteiger partial charge in [0.1, 0.15) is 0 Å². The first-order chi connectivity index (χ1) is 8.02. The summed E-state index contributed by atoms with van der Waals surface area (Å²) in [5, 5.41) is 5.42. The quantitative estimate of drug-likeness (QED) is 0.811. The number of anilines is 2. The van der Waals surface area contributed by atoms with Crippen LogP contribution in [0.4, 0.5) is 11.4 Å². The highest BCUT2D eigenvalue weighted by Crippen LogP contribution is 2.21. The minimum Gasteiger partial charge on any atom is -0.326 e. The summed E-state index contributed by atoms with van der Waals surface area (Å²) in [7, 11) is 0. The van der Waals surface area contributed by atoms with Crippen molar-refractivity contribution in [3.05, 3.63) is 23.8 Å². The molecule has 0 aliphatic carbocycles. The summed E-state index contributed by atoms with van der Waals surface area (Å²) >= 11 is 5.70. The molecule has 0 saturated heterocycles. The molecule has 0 saturated carbocycles. The molecular formula is C12H15ClN2O2. The maximum absolute atomic E-state index is 11.0. The Labute approximate surface area is 105 Å². The van der Waals surface area contributed by atoms with Crippen LogP contribution in [0.2, 0.25) is 0 Å². The van der Waals surface area contributed by atoms with Crippen molar-refractivity contribution in [3.63, 3.8) is 0 Å². The molecule has 2 amide bonds. The summed E-state index contributed by atoms with van der Waals surface area (Å²) in [4.78, 5) is 22.0. The van der Waals surface area contributed by atoms with Crippen molar-refractivity contribution in [3.8, 4) is 0 Å². The van der Waals surface area contributed by atoms with Crippen LogP contribution in [-0.4, -0.2) is 17.7 Å². The first kappa shape index (κ1) is 13.5. The SMILES string of the molecule is CC(=O)Nc1ccc(NC(C)=O)c(CCCl)c1. The fraction of sp³-hybridized carbons (Fsp3) is 0.333. The molecule has 5 heteroatoms. The average Bonchev–Trinajstić information content (AvgIpc) is 2.21. The lowest BCUT2D eigenvalue weighted by Crippen LogP contribution is -2.10. The molecule has 0 fully saturated rings. The molecule has 0 aromatic heterocycles. The van der Waals surface area contributed by atoms with E-state index in [-0.39, 0.29) is 11.8 Å². The van der Waals surface area contributed by atoms with Crippen LogP contribution in [-0.2, 0) is 16.0 Å². The highest BCUT2D eigenvalue weighted by atomic mass is 35.5. The third-order valence-electron chi connectivity index (χ3n) is 2.10. The maximum Gasteiger partial charge on any atom is 0.221 e. The number of halogens is 1. The molecule has 0 heterocycles. The lowest BCUT2D eigenvalue weighted by atomic mass is 10.1. The van der Waals surface area contributed by atoms with Crippen LogP contribution in [0, 0.1) is 0 Å². The van der Waals surface area contributed by atoms with Crippen LogP contribution in [0.1, 0.15) is 19.4 Å². The van der Waals surface area contributed by atoms with Gasteiger partial charge in [-0.15, -0.1) is 11.6 Å². The van der Waals surface area contributed by atoms with Gasteiger partial charge >= 0.3 is 0 Å². The second-order valence-corrected chi connectivity index (χ2v) is 4.05. The number of alkyl halides is 1. The Kier molecular flexibility index (Phi) is 4.97. The number of carbonyl (C=O) groups is 2. The minimum absolute atomic E-state index is 0.130. The van der Waals surface area contributed by atoms with E-state index in [2.05, 4.69) is 10.6 Å². The van der Waals surface area contributed by atoms with E-state index in [9.17, 15) is 9.59 Å².